The van der Waals surface area contributed by atoms with E-state index < -0.39 is 5.97 Å². The van der Waals surface area contributed by atoms with Gasteiger partial charge in [-0.25, -0.2) is 4.79 Å². The molecule has 2 aromatic rings. The van der Waals surface area contributed by atoms with Crippen LogP contribution < -0.4 is 0 Å². The molecule has 0 spiro atoms. The topological polar surface area (TPSA) is 53.1 Å². The standard InChI is InChI=1S/C11H8ClNO2/c12-8-2-3-10-9(5-8)7(6-13-10)1-4-11(14)15/h1-6,13H,(H,14,15). The molecule has 0 aliphatic carbocycles. The van der Waals surface area contributed by atoms with Crippen LogP contribution in [0.2, 0.25) is 5.02 Å². The van der Waals surface area contributed by atoms with Gasteiger partial charge in [-0.15, -0.1) is 0 Å². The highest BCUT2D eigenvalue weighted by atomic mass is 35.5. The zero-order chi connectivity index (χ0) is 10.8. The first-order valence-corrected chi connectivity index (χ1v) is 4.72. The minimum atomic E-state index is -0.966. The first-order chi connectivity index (χ1) is 7.16. The fourth-order valence-corrected chi connectivity index (χ4v) is 1.59. The molecule has 0 saturated carbocycles. The quantitative estimate of drug-likeness (QED) is 0.766. The Kier molecular flexibility index (Phi) is 2.47. The minimum Gasteiger partial charge on any atom is -0.478 e. The van der Waals surface area contributed by atoms with Crippen LogP contribution in [0.5, 0.6) is 0 Å². The van der Waals surface area contributed by atoms with E-state index in [1.807, 2.05) is 6.07 Å². The number of aromatic amines is 1. The van der Waals surface area contributed by atoms with Gasteiger partial charge in [-0.05, 0) is 24.3 Å². The lowest BCUT2D eigenvalue weighted by atomic mass is 10.1. The summed E-state index contributed by atoms with van der Waals surface area (Å²) in [6.07, 6.45) is 4.39. The average Bonchev–Trinajstić information content (AvgIpc) is 2.57. The van der Waals surface area contributed by atoms with Gasteiger partial charge < -0.3 is 10.1 Å². The molecule has 1 heterocycles. The van der Waals surface area contributed by atoms with Crippen LogP contribution in [0.1, 0.15) is 5.56 Å². The van der Waals surface area contributed by atoms with Crippen LogP contribution in [0, 0.1) is 0 Å². The fraction of sp³-hybridized carbons (Fsp3) is 0. The number of aliphatic carboxylic acids is 1. The van der Waals surface area contributed by atoms with Crippen molar-refractivity contribution in [2.24, 2.45) is 0 Å². The summed E-state index contributed by atoms with van der Waals surface area (Å²) in [6, 6.07) is 5.44. The third-order valence-electron chi connectivity index (χ3n) is 2.08. The van der Waals surface area contributed by atoms with Crippen molar-refractivity contribution in [2.75, 3.05) is 0 Å². The Labute approximate surface area is 91.0 Å². The van der Waals surface area contributed by atoms with Gasteiger partial charge in [0.15, 0.2) is 0 Å². The first kappa shape index (κ1) is 9.80. The third-order valence-corrected chi connectivity index (χ3v) is 2.32. The van der Waals surface area contributed by atoms with Gasteiger partial charge in [-0.2, -0.15) is 0 Å². The number of H-pyrrole nitrogens is 1. The third kappa shape index (κ3) is 2.02. The molecule has 2 N–H and O–H groups in total. The number of carboxylic acid groups (broad SMARTS) is 1. The van der Waals surface area contributed by atoms with E-state index in [0.29, 0.717) is 5.02 Å². The summed E-state index contributed by atoms with van der Waals surface area (Å²) in [5, 5.41) is 10.1. The maximum atomic E-state index is 10.4. The highest BCUT2D eigenvalue weighted by Crippen LogP contribution is 2.23. The predicted molar refractivity (Wildman–Crippen MR) is 60.0 cm³/mol. The van der Waals surface area contributed by atoms with E-state index >= 15 is 0 Å². The first-order valence-electron chi connectivity index (χ1n) is 4.34. The van der Waals surface area contributed by atoms with Crippen molar-refractivity contribution >= 4 is 34.5 Å². The van der Waals surface area contributed by atoms with E-state index in [4.69, 9.17) is 16.7 Å². The largest absolute Gasteiger partial charge is 0.478 e. The van der Waals surface area contributed by atoms with E-state index in [2.05, 4.69) is 4.98 Å². The molecule has 1 aromatic heterocycles. The van der Waals surface area contributed by atoms with Gasteiger partial charge in [-0.1, -0.05) is 11.6 Å². The molecule has 2 rings (SSSR count). The number of hydrogen-bond acceptors (Lipinski definition) is 1. The lowest BCUT2D eigenvalue weighted by molar-refractivity contribution is -0.131. The number of fused-ring (bicyclic) bond motifs is 1. The summed E-state index contributed by atoms with van der Waals surface area (Å²) in [5.41, 5.74) is 1.75. The molecule has 3 nitrogen and oxygen atoms in total. The average molecular weight is 222 g/mol. The van der Waals surface area contributed by atoms with Crippen LogP contribution in [0.25, 0.3) is 17.0 Å². The SMILES string of the molecule is O=C(O)C=Cc1c[nH]c2ccc(Cl)cc12. The van der Waals surface area contributed by atoms with Gasteiger partial charge in [0.05, 0.1) is 0 Å². The van der Waals surface area contributed by atoms with E-state index in [0.717, 1.165) is 22.5 Å². The van der Waals surface area contributed by atoms with Crippen molar-refractivity contribution in [3.63, 3.8) is 0 Å². The van der Waals surface area contributed by atoms with Gasteiger partial charge in [0.2, 0.25) is 0 Å². The smallest absolute Gasteiger partial charge is 0.328 e. The molecule has 4 heteroatoms. The van der Waals surface area contributed by atoms with Gasteiger partial charge >= 0.3 is 5.97 Å². The van der Waals surface area contributed by atoms with Crippen LogP contribution >= 0.6 is 11.6 Å². The molecule has 0 aliphatic heterocycles. The monoisotopic (exact) mass is 221 g/mol. The van der Waals surface area contributed by atoms with Gasteiger partial charge in [0.25, 0.3) is 0 Å². The number of benzene rings is 1. The predicted octanol–water partition coefficient (Wildman–Crippen LogP) is 2.92. The summed E-state index contributed by atoms with van der Waals surface area (Å²) in [5.74, 6) is -0.966. The highest BCUT2D eigenvalue weighted by molar-refractivity contribution is 6.31. The fourth-order valence-electron chi connectivity index (χ4n) is 1.41. The zero-order valence-electron chi connectivity index (χ0n) is 7.70. The van der Waals surface area contributed by atoms with Crippen molar-refractivity contribution in [1.29, 1.82) is 0 Å². The summed E-state index contributed by atoms with van der Waals surface area (Å²) >= 11 is 5.86. The Hall–Kier alpha value is -1.74. The minimum absolute atomic E-state index is 0.632. The Morgan fingerprint density at radius 2 is 2.27 bits per heavy atom. The second-order valence-corrected chi connectivity index (χ2v) is 3.54. The van der Waals surface area contributed by atoms with E-state index in [-0.39, 0.29) is 0 Å². The summed E-state index contributed by atoms with van der Waals surface area (Å²) in [7, 11) is 0. The summed E-state index contributed by atoms with van der Waals surface area (Å²) in [6.45, 7) is 0. The molecule has 15 heavy (non-hydrogen) atoms. The highest BCUT2D eigenvalue weighted by Gasteiger charge is 2.01. The molecule has 0 bridgehead atoms. The normalized spacial score (nSPS) is 11.3. The number of carbonyl (C=O) groups is 1. The van der Waals surface area contributed by atoms with Crippen molar-refractivity contribution in [2.45, 2.75) is 0 Å². The van der Waals surface area contributed by atoms with E-state index in [9.17, 15) is 4.79 Å². The van der Waals surface area contributed by atoms with Crippen LogP contribution in [0.3, 0.4) is 0 Å². The maximum Gasteiger partial charge on any atom is 0.328 e. The molecule has 1 aromatic carbocycles. The molecule has 0 atom stereocenters. The zero-order valence-corrected chi connectivity index (χ0v) is 8.45. The molecular formula is C11H8ClNO2. The number of rotatable bonds is 2. The molecule has 0 fully saturated rings. The molecule has 76 valence electrons. The lowest BCUT2D eigenvalue weighted by Gasteiger charge is -1.92. The molecule has 0 amide bonds. The van der Waals surface area contributed by atoms with E-state index in [1.54, 1.807) is 18.3 Å². The van der Waals surface area contributed by atoms with Crippen molar-refractivity contribution in [3.05, 3.63) is 41.1 Å². The second kappa shape index (κ2) is 3.79. The van der Waals surface area contributed by atoms with Gasteiger partial charge in [0, 0.05) is 33.8 Å². The molecule has 0 unspecified atom stereocenters. The molecule has 0 radical (unpaired) electrons. The number of halogens is 1. The van der Waals surface area contributed by atoms with Crippen molar-refractivity contribution in [3.8, 4) is 0 Å². The molecule has 0 saturated heterocycles. The van der Waals surface area contributed by atoms with Crippen molar-refractivity contribution in [1.82, 2.24) is 4.98 Å². The Bertz CT molecular complexity index is 543. The molecule has 0 aliphatic rings. The second-order valence-electron chi connectivity index (χ2n) is 3.11. The van der Waals surface area contributed by atoms with E-state index in [1.165, 1.54) is 6.08 Å². The maximum absolute atomic E-state index is 10.4. The lowest BCUT2D eigenvalue weighted by Crippen LogP contribution is -1.84. The number of aromatic nitrogens is 1. The molecular weight excluding hydrogens is 214 g/mol. The Morgan fingerprint density at radius 3 is 3.00 bits per heavy atom. The van der Waals surface area contributed by atoms with Gasteiger partial charge in [0.1, 0.15) is 0 Å². The van der Waals surface area contributed by atoms with Gasteiger partial charge in [-0.3, -0.25) is 0 Å². The van der Waals surface area contributed by atoms with Crippen LogP contribution in [-0.4, -0.2) is 16.1 Å². The van der Waals surface area contributed by atoms with Crippen molar-refractivity contribution < 1.29 is 9.90 Å². The number of nitrogens with one attached hydrogen (secondary N) is 1. The number of hydrogen-bond donors (Lipinski definition) is 2. The van der Waals surface area contributed by atoms with Crippen LogP contribution in [-0.2, 0) is 4.79 Å². The summed E-state index contributed by atoms with van der Waals surface area (Å²) in [4.78, 5) is 13.4. The van der Waals surface area contributed by atoms with Crippen LogP contribution in [0.4, 0.5) is 0 Å². The Morgan fingerprint density at radius 1 is 1.47 bits per heavy atom. The summed E-state index contributed by atoms with van der Waals surface area (Å²) < 4.78 is 0. The number of carboxylic acids is 1. The Balaban J connectivity index is 2.52. The van der Waals surface area contributed by atoms with Crippen LogP contribution in [0.15, 0.2) is 30.5 Å².